The molecule has 1 aromatic carbocycles. The van der Waals surface area contributed by atoms with E-state index in [1.165, 1.54) is 17.0 Å². The maximum Gasteiger partial charge on any atom is 0.227 e. The number of benzene rings is 1. The number of anilines is 1. The number of carbonyl (C=O) groups is 1. The molecule has 16 heavy (non-hydrogen) atoms. The zero-order chi connectivity index (χ0) is 11.7. The second kappa shape index (κ2) is 4.09. The number of amides is 1. The molecule has 0 spiro atoms. The van der Waals surface area contributed by atoms with Crippen LogP contribution < -0.4 is 10.6 Å². The molecule has 1 aliphatic rings. The molecule has 1 atom stereocenters. The summed E-state index contributed by atoms with van der Waals surface area (Å²) in [6.07, 6.45) is 0.358. The predicted molar refractivity (Wildman–Crippen MR) is 57.6 cm³/mol. The molecule has 1 heterocycles. The molecule has 2 rings (SSSR count). The zero-order valence-corrected chi connectivity index (χ0v) is 8.69. The van der Waals surface area contributed by atoms with Gasteiger partial charge in [-0.2, -0.15) is 0 Å². The summed E-state index contributed by atoms with van der Waals surface area (Å²) >= 11 is 0. The topological polar surface area (TPSA) is 66.6 Å². The summed E-state index contributed by atoms with van der Waals surface area (Å²) < 4.78 is 13.5. The van der Waals surface area contributed by atoms with Crippen molar-refractivity contribution in [2.45, 2.75) is 6.42 Å². The van der Waals surface area contributed by atoms with E-state index in [0.717, 1.165) is 6.07 Å². The van der Waals surface area contributed by atoms with Gasteiger partial charge in [0.1, 0.15) is 5.75 Å². The fraction of sp³-hybridized carbons (Fsp3) is 0.364. The Morgan fingerprint density at radius 3 is 2.88 bits per heavy atom. The highest BCUT2D eigenvalue weighted by molar-refractivity contribution is 5.95. The molecule has 0 aromatic heterocycles. The van der Waals surface area contributed by atoms with Gasteiger partial charge in [-0.25, -0.2) is 4.39 Å². The van der Waals surface area contributed by atoms with Crippen LogP contribution in [0.15, 0.2) is 18.2 Å². The fourth-order valence-electron chi connectivity index (χ4n) is 1.89. The maximum atomic E-state index is 13.5. The lowest BCUT2D eigenvalue weighted by Crippen LogP contribution is -2.26. The van der Waals surface area contributed by atoms with Gasteiger partial charge in [0, 0.05) is 19.0 Å². The Balaban J connectivity index is 2.28. The number of nitrogens with two attached hydrogens (primary N) is 1. The number of hydrogen-bond donors (Lipinski definition) is 2. The third kappa shape index (κ3) is 1.86. The highest BCUT2D eigenvalue weighted by atomic mass is 19.1. The van der Waals surface area contributed by atoms with Crippen LogP contribution in [-0.4, -0.2) is 24.1 Å². The molecule has 0 saturated carbocycles. The zero-order valence-electron chi connectivity index (χ0n) is 8.69. The minimum atomic E-state index is -0.592. The summed E-state index contributed by atoms with van der Waals surface area (Å²) in [6, 6.07) is 3.77. The SMILES string of the molecule is NCC1CC(=O)N(c2ccc(O)cc2F)C1. The lowest BCUT2D eigenvalue weighted by molar-refractivity contribution is -0.117. The molecule has 1 aliphatic heterocycles. The summed E-state index contributed by atoms with van der Waals surface area (Å²) in [5.41, 5.74) is 5.69. The Morgan fingerprint density at radius 1 is 1.56 bits per heavy atom. The monoisotopic (exact) mass is 224 g/mol. The lowest BCUT2D eigenvalue weighted by Gasteiger charge is -2.17. The van der Waals surface area contributed by atoms with Crippen molar-refractivity contribution in [1.29, 1.82) is 0 Å². The molecule has 3 N–H and O–H groups in total. The maximum absolute atomic E-state index is 13.5. The van der Waals surface area contributed by atoms with Gasteiger partial charge in [-0.15, -0.1) is 0 Å². The molecule has 1 aromatic rings. The molecule has 1 fully saturated rings. The number of aromatic hydroxyl groups is 1. The van der Waals surface area contributed by atoms with Crippen LogP contribution in [0.2, 0.25) is 0 Å². The number of phenolic OH excluding ortho intramolecular Hbond substituents is 1. The van der Waals surface area contributed by atoms with Gasteiger partial charge >= 0.3 is 0 Å². The number of halogens is 1. The van der Waals surface area contributed by atoms with E-state index in [1.807, 2.05) is 0 Å². The van der Waals surface area contributed by atoms with Crippen molar-refractivity contribution in [3.05, 3.63) is 24.0 Å². The first-order chi connectivity index (χ1) is 7.61. The summed E-state index contributed by atoms with van der Waals surface area (Å²) in [6.45, 7) is 0.860. The van der Waals surface area contributed by atoms with Crippen LogP contribution in [0, 0.1) is 11.7 Å². The van der Waals surface area contributed by atoms with E-state index in [2.05, 4.69) is 0 Å². The lowest BCUT2D eigenvalue weighted by atomic mass is 10.1. The summed E-state index contributed by atoms with van der Waals surface area (Å²) in [5, 5.41) is 9.08. The van der Waals surface area contributed by atoms with Gasteiger partial charge in [0.05, 0.1) is 5.69 Å². The molecular weight excluding hydrogens is 211 g/mol. The third-order valence-electron chi connectivity index (χ3n) is 2.76. The molecule has 0 aliphatic carbocycles. The van der Waals surface area contributed by atoms with Gasteiger partial charge in [0.2, 0.25) is 5.91 Å². The molecule has 1 saturated heterocycles. The van der Waals surface area contributed by atoms with Gasteiger partial charge in [0.25, 0.3) is 0 Å². The molecule has 86 valence electrons. The smallest absolute Gasteiger partial charge is 0.227 e. The van der Waals surface area contributed by atoms with E-state index in [4.69, 9.17) is 10.8 Å². The van der Waals surface area contributed by atoms with Crippen LogP contribution in [0.3, 0.4) is 0 Å². The van der Waals surface area contributed by atoms with Crippen molar-refractivity contribution in [2.24, 2.45) is 11.7 Å². The normalized spacial score (nSPS) is 20.5. The Morgan fingerprint density at radius 2 is 2.31 bits per heavy atom. The van der Waals surface area contributed by atoms with Crippen molar-refractivity contribution < 1.29 is 14.3 Å². The third-order valence-corrected chi connectivity index (χ3v) is 2.76. The second-order valence-corrected chi connectivity index (χ2v) is 3.95. The largest absolute Gasteiger partial charge is 0.508 e. The quantitative estimate of drug-likeness (QED) is 0.782. The molecule has 1 unspecified atom stereocenters. The minimum Gasteiger partial charge on any atom is -0.508 e. The van der Waals surface area contributed by atoms with Crippen LogP contribution in [0.25, 0.3) is 0 Å². The van der Waals surface area contributed by atoms with Crippen LogP contribution >= 0.6 is 0 Å². The standard InChI is InChI=1S/C11H13FN2O2/c12-9-4-8(15)1-2-10(9)14-6-7(5-13)3-11(14)16/h1-2,4,7,15H,3,5-6,13H2. The first-order valence-corrected chi connectivity index (χ1v) is 5.10. The fourth-order valence-corrected chi connectivity index (χ4v) is 1.89. The van der Waals surface area contributed by atoms with Crippen molar-refractivity contribution in [2.75, 3.05) is 18.0 Å². The number of nitrogens with zero attached hydrogens (tertiary/aromatic N) is 1. The van der Waals surface area contributed by atoms with Gasteiger partial charge in [-0.3, -0.25) is 4.79 Å². The highest BCUT2D eigenvalue weighted by Gasteiger charge is 2.31. The Labute approximate surface area is 92.5 Å². The van der Waals surface area contributed by atoms with Crippen molar-refractivity contribution in [3.8, 4) is 5.75 Å². The first kappa shape index (κ1) is 10.9. The van der Waals surface area contributed by atoms with Gasteiger partial charge in [-0.05, 0) is 24.6 Å². The van der Waals surface area contributed by atoms with Crippen molar-refractivity contribution in [3.63, 3.8) is 0 Å². The molecule has 0 bridgehead atoms. The van der Waals surface area contributed by atoms with Crippen LogP contribution in [0.5, 0.6) is 5.75 Å². The molecule has 5 heteroatoms. The number of carbonyl (C=O) groups excluding carboxylic acids is 1. The predicted octanol–water partition coefficient (Wildman–Crippen LogP) is 0.843. The number of phenols is 1. The van der Waals surface area contributed by atoms with E-state index < -0.39 is 5.82 Å². The van der Waals surface area contributed by atoms with Crippen molar-refractivity contribution in [1.82, 2.24) is 0 Å². The first-order valence-electron chi connectivity index (χ1n) is 5.10. The molecule has 4 nitrogen and oxygen atoms in total. The minimum absolute atomic E-state index is 0.0840. The van der Waals surface area contributed by atoms with E-state index in [9.17, 15) is 9.18 Å². The summed E-state index contributed by atoms with van der Waals surface area (Å²) in [7, 11) is 0. The van der Waals surface area contributed by atoms with Crippen LogP contribution in [0.1, 0.15) is 6.42 Å². The molecular formula is C11H13FN2O2. The van der Waals surface area contributed by atoms with E-state index >= 15 is 0 Å². The Hall–Kier alpha value is -1.62. The van der Waals surface area contributed by atoms with Gasteiger partial charge < -0.3 is 15.7 Å². The number of rotatable bonds is 2. The van der Waals surface area contributed by atoms with Crippen LogP contribution in [0.4, 0.5) is 10.1 Å². The average molecular weight is 224 g/mol. The highest BCUT2D eigenvalue weighted by Crippen LogP contribution is 2.28. The second-order valence-electron chi connectivity index (χ2n) is 3.95. The Bertz CT molecular complexity index is 422. The van der Waals surface area contributed by atoms with Gasteiger partial charge in [0.15, 0.2) is 5.82 Å². The van der Waals surface area contributed by atoms with E-state index in [0.29, 0.717) is 19.5 Å². The van der Waals surface area contributed by atoms with E-state index in [1.54, 1.807) is 0 Å². The van der Waals surface area contributed by atoms with E-state index in [-0.39, 0.29) is 23.3 Å². The Kier molecular flexibility index (Phi) is 2.78. The number of hydrogen-bond acceptors (Lipinski definition) is 3. The van der Waals surface area contributed by atoms with Crippen molar-refractivity contribution >= 4 is 11.6 Å². The average Bonchev–Trinajstić information content (AvgIpc) is 2.60. The molecule has 0 radical (unpaired) electrons. The van der Waals surface area contributed by atoms with Crippen LogP contribution in [-0.2, 0) is 4.79 Å². The van der Waals surface area contributed by atoms with Gasteiger partial charge in [-0.1, -0.05) is 0 Å². The summed E-state index contributed by atoms with van der Waals surface area (Å²) in [5.74, 6) is -0.782. The molecule has 1 amide bonds. The summed E-state index contributed by atoms with van der Waals surface area (Å²) in [4.78, 5) is 13.0.